The van der Waals surface area contributed by atoms with E-state index in [4.69, 9.17) is 4.74 Å². The van der Waals surface area contributed by atoms with Crippen LogP contribution in [0, 0.1) is 17.6 Å². The summed E-state index contributed by atoms with van der Waals surface area (Å²) < 4.78 is 31.9. The number of halogens is 2. The predicted octanol–water partition coefficient (Wildman–Crippen LogP) is 2.11. The van der Waals surface area contributed by atoms with Crippen molar-refractivity contribution < 1.29 is 23.4 Å². The molecule has 0 aromatic heterocycles. The first-order valence-corrected chi connectivity index (χ1v) is 7.66. The SMILES string of the molecule is CC(C)[C@@H](CO)NC(=O)NC1CCOC1c1ccc(F)c(F)c1. The number of hydrogen-bond donors (Lipinski definition) is 3. The van der Waals surface area contributed by atoms with Crippen molar-refractivity contribution >= 4 is 6.03 Å². The van der Waals surface area contributed by atoms with Crippen molar-refractivity contribution in [3.8, 4) is 0 Å². The standard InChI is InChI=1S/C16H22F2N2O3/c1-9(2)14(8-21)20-16(22)19-13-5-6-23-15(13)10-3-4-11(17)12(18)7-10/h3-4,7,9,13-15,21H,5-6,8H2,1-2H3,(H2,19,20,22)/t13?,14-,15?/m1/s1. The zero-order chi connectivity index (χ0) is 17.0. The molecule has 3 N–H and O–H groups in total. The van der Waals surface area contributed by atoms with Gasteiger partial charge in [-0.15, -0.1) is 0 Å². The Kier molecular flexibility index (Phi) is 5.90. The molecule has 2 amide bonds. The minimum Gasteiger partial charge on any atom is -0.394 e. The fourth-order valence-corrected chi connectivity index (χ4v) is 2.56. The summed E-state index contributed by atoms with van der Waals surface area (Å²) in [6.45, 7) is 4.05. The van der Waals surface area contributed by atoms with Crippen molar-refractivity contribution in [1.29, 1.82) is 0 Å². The van der Waals surface area contributed by atoms with E-state index in [9.17, 15) is 18.7 Å². The van der Waals surface area contributed by atoms with Crippen LogP contribution >= 0.6 is 0 Å². The number of hydrogen-bond acceptors (Lipinski definition) is 3. The lowest BCUT2D eigenvalue weighted by molar-refractivity contribution is 0.0991. The summed E-state index contributed by atoms with van der Waals surface area (Å²) in [5, 5.41) is 14.7. The van der Waals surface area contributed by atoms with Gasteiger partial charge in [-0.3, -0.25) is 0 Å². The summed E-state index contributed by atoms with van der Waals surface area (Å²) in [4.78, 5) is 12.0. The monoisotopic (exact) mass is 328 g/mol. The van der Waals surface area contributed by atoms with E-state index < -0.39 is 23.8 Å². The fourth-order valence-electron chi connectivity index (χ4n) is 2.56. The highest BCUT2D eigenvalue weighted by Crippen LogP contribution is 2.30. The summed E-state index contributed by atoms with van der Waals surface area (Å²) in [5.74, 6) is -1.77. The van der Waals surface area contributed by atoms with Crippen molar-refractivity contribution in [2.45, 2.75) is 38.5 Å². The maximum absolute atomic E-state index is 13.4. The van der Waals surface area contributed by atoms with E-state index in [0.717, 1.165) is 12.1 Å². The van der Waals surface area contributed by atoms with Crippen LogP contribution in [0.25, 0.3) is 0 Å². The molecule has 23 heavy (non-hydrogen) atoms. The smallest absolute Gasteiger partial charge is 0.315 e. The molecule has 0 radical (unpaired) electrons. The van der Waals surface area contributed by atoms with Gasteiger partial charge in [0, 0.05) is 6.61 Å². The largest absolute Gasteiger partial charge is 0.394 e. The first-order valence-electron chi connectivity index (χ1n) is 7.66. The average molecular weight is 328 g/mol. The summed E-state index contributed by atoms with van der Waals surface area (Å²) in [5.41, 5.74) is 0.481. The van der Waals surface area contributed by atoms with Crippen molar-refractivity contribution in [3.63, 3.8) is 0 Å². The Morgan fingerprint density at radius 3 is 2.74 bits per heavy atom. The molecule has 5 nitrogen and oxygen atoms in total. The minimum absolute atomic E-state index is 0.0903. The van der Waals surface area contributed by atoms with Gasteiger partial charge in [0.2, 0.25) is 0 Å². The van der Waals surface area contributed by atoms with Crippen LogP contribution in [0.5, 0.6) is 0 Å². The third-order valence-electron chi connectivity index (χ3n) is 4.00. The second-order valence-electron chi connectivity index (χ2n) is 6.01. The summed E-state index contributed by atoms with van der Waals surface area (Å²) in [6.07, 6.45) is 0.0465. The predicted molar refractivity (Wildman–Crippen MR) is 80.8 cm³/mol. The molecule has 1 aromatic carbocycles. The highest BCUT2D eigenvalue weighted by Gasteiger charge is 2.32. The number of aliphatic hydroxyl groups excluding tert-OH is 1. The second-order valence-corrected chi connectivity index (χ2v) is 6.01. The van der Waals surface area contributed by atoms with Gasteiger partial charge >= 0.3 is 6.03 Å². The molecule has 1 fully saturated rings. The highest BCUT2D eigenvalue weighted by molar-refractivity contribution is 5.74. The van der Waals surface area contributed by atoms with E-state index in [0.29, 0.717) is 18.6 Å². The molecular formula is C16H22F2N2O3. The van der Waals surface area contributed by atoms with Crippen molar-refractivity contribution in [2.24, 2.45) is 5.92 Å². The number of rotatable bonds is 5. The van der Waals surface area contributed by atoms with Crippen LogP contribution in [0.1, 0.15) is 31.9 Å². The lowest BCUT2D eigenvalue weighted by Gasteiger charge is -2.24. The van der Waals surface area contributed by atoms with Crippen molar-refractivity contribution in [1.82, 2.24) is 10.6 Å². The molecule has 1 saturated heterocycles. The third-order valence-corrected chi connectivity index (χ3v) is 4.00. The van der Waals surface area contributed by atoms with Gasteiger partial charge in [0.15, 0.2) is 11.6 Å². The summed E-state index contributed by atoms with van der Waals surface area (Å²) in [7, 11) is 0. The van der Waals surface area contributed by atoms with Crippen LogP contribution in [0.2, 0.25) is 0 Å². The molecule has 0 saturated carbocycles. The minimum atomic E-state index is -0.943. The normalized spacial score (nSPS) is 22.2. The number of nitrogens with one attached hydrogen (secondary N) is 2. The molecule has 1 aliphatic heterocycles. The fraction of sp³-hybridized carbons (Fsp3) is 0.562. The molecule has 0 spiro atoms. The second kappa shape index (κ2) is 7.70. The topological polar surface area (TPSA) is 70.6 Å². The highest BCUT2D eigenvalue weighted by atomic mass is 19.2. The Morgan fingerprint density at radius 2 is 2.13 bits per heavy atom. The van der Waals surface area contributed by atoms with Crippen LogP contribution in [0.4, 0.5) is 13.6 Å². The van der Waals surface area contributed by atoms with Gasteiger partial charge in [0.25, 0.3) is 0 Å². The number of aliphatic hydroxyl groups is 1. The number of amides is 2. The van der Waals surface area contributed by atoms with Crippen LogP contribution in [-0.2, 0) is 4.74 Å². The van der Waals surface area contributed by atoms with Crippen LogP contribution in [-0.4, -0.2) is 36.4 Å². The molecule has 0 bridgehead atoms. The quantitative estimate of drug-likeness (QED) is 0.775. The average Bonchev–Trinajstić information content (AvgIpc) is 2.95. The van der Waals surface area contributed by atoms with Gasteiger partial charge in [0.05, 0.1) is 18.7 Å². The zero-order valence-corrected chi connectivity index (χ0v) is 13.2. The Hall–Kier alpha value is -1.73. The van der Waals surface area contributed by atoms with Gasteiger partial charge in [-0.25, -0.2) is 13.6 Å². The Balaban J connectivity index is 2.01. The molecule has 2 rings (SSSR count). The van der Waals surface area contributed by atoms with E-state index in [1.165, 1.54) is 6.07 Å². The van der Waals surface area contributed by atoms with Crippen LogP contribution in [0.15, 0.2) is 18.2 Å². The lowest BCUT2D eigenvalue weighted by atomic mass is 10.0. The summed E-state index contributed by atoms with van der Waals surface area (Å²) >= 11 is 0. The van der Waals surface area contributed by atoms with Gasteiger partial charge in [-0.1, -0.05) is 19.9 Å². The Labute approximate surface area is 134 Å². The first-order chi connectivity index (χ1) is 10.9. The molecular weight excluding hydrogens is 306 g/mol. The maximum Gasteiger partial charge on any atom is 0.315 e. The molecule has 3 atom stereocenters. The number of carbonyl (C=O) groups excluding carboxylic acids is 1. The molecule has 1 aromatic rings. The maximum atomic E-state index is 13.4. The number of carbonyl (C=O) groups is 1. The number of urea groups is 1. The van der Waals surface area contributed by atoms with Crippen molar-refractivity contribution in [2.75, 3.05) is 13.2 Å². The molecule has 7 heteroatoms. The van der Waals surface area contributed by atoms with E-state index in [1.807, 2.05) is 13.8 Å². The van der Waals surface area contributed by atoms with E-state index in [1.54, 1.807) is 0 Å². The van der Waals surface area contributed by atoms with Crippen molar-refractivity contribution in [3.05, 3.63) is 35.4 Å². The molecule has 0 aliphatic carbocycles. The van der Waals surface area contributed by atoms with E-state index >= 15 is 0 Å². The Morgan fingerprint density at radius 1 is 1.39 bits per heavy atom. The van der Waals surface area contributed by atoms with Crippen LogP contribution < -0.4 is 10.6 Å². The lowest BCUT2D eigenvalue weighted by Crippen LogP contribution is -2.49. The van der Waals surface area contributed by atoms with Gasteiger partial charge in [0.1, 0.15) is 6.10 Å². The van der Waals surface area contributed by atoms with E-state index in [2.05, 4.69) is 10.6 Å². The van der Waals surface area contributed by atoms with Gasteiger partial charge < -0.3 is 20.5 Å². The molecule has 1 heterocycles. The van der Waals surface area contributed by atoms with E-state index in [-0.39, 0.29) is 24.6 Å². The molecule has 2 unspecified atom stereocenters. The third kappa shape index (κ3) is 4.39. The molecule has 128 valence electrons. The summed E-state index contributed by atoms with van der Waals surface area (Å²) in [6, 6.07) is 2.48. The Bertz CT molecular complexity index is 554. The van der Waals surface area contributed by atoms with Gasteiger partial charge in [-0.2, -0.15) is 0 Å². The number of benzene rings is 1. The molecule has 1 aliphatic rings. The van der Waals surface area contributed by atoms with Gasteiger partial charge in [-0.05, 0) is 30.0 Å². The number of ether oxygens (including phenoxy) is 1. The zero-order valence-electron chi connectivity index (χ0n) is 13.2. The first kappa shape index (κ1) is 17.6. The van der Waals surface area contributed by atoms with Crippen LogP contribution in [0.3, 0.4) is 0 Å².